The van der Waals surface area contributed by atoms with Crippen molar-refractivity contribution in [2.75, 3.05) is 0 Å². The summed E-state index contributed by atoms with van der Waals surface area (Å²) >= 11 is 3.07. The van der Waals surface area contributed by atoms with E-state index in [0.29, 0.717) is 4.47 Å². The standard InChI is InChI=1S/C10H4BrF4NO/c11-4-1-2-5-6(3-4)16-9(17)7(8(5)12)10(13,14)15/h1-3H,(H,16,17). The molecule has 0 atom stereocenters. The number of hydrogen-bond acceptors (Lipinski definition) is 1. The second kappa shape index (κ2) is 3.83. The number of hydrogen-bond donors (Lipinski definition) is 1. The van der Waals surface area contributed by atoms with Crippen LogP contribution in [0.5, 0.6) is 0 Å². The number of rotatable bonds is 0. The molecule has 1 aromatic heterocycles. The molecule has 2 nitrogen and oxygen atoms in total. The Hall–Kier alpha value is -1.37. The van der Waals surface area contributed by atoms with E-state index in [4.69, 9.17) is 0 Å². The first-order valence-electron chi connectivity index (χ1n) is 4.39. The van der Waals surface area contributed by atoms with Gasteiger partial charge >= 0.3 is 6.18 Å². The third-order valence-electron chi connectivity index (χ3n) is 2.20. The van der Waals surface area contributed by atoms with E-state index in [9.17, 15) is 22.4 Å². The second-order valence-corrected chi connectivity index (χ2v) is 4.25. The molecule has 0 saturated heterocycles. The van der Waals surface area contributed by atoms with Crippen molar-refractivity contribution >= 4 is 26.8 Å². The number of alkyl halides is 3. The Morgan fingerprint density at radius 2 is 1.88 bits per heavy atom. The van der Waals surface area contributed by atoms with Crippen LogP contribution in [0.25, 0.3) is 10.9 Å². The van der Waals surface area contributed by atoms with Crippen LogP contribution in [0.3, 0.4) is 0 Å². The summed E-state index contributed by atoms with van der Waals surface area (Å²) in [5.74, 6) is -1.55. The van der Waals surface area contributed by atoms with E-state index in [1.165, 1.54) is 18.2 Å². The maximum absolute atomic E-state index is 13.6. The van der Waals surface area contributed by atoms with Crippen molar-refractivity contribution in [2.45, 2.75) is 6.18 Å². The molecule has 1 heterocycles. The molecule has 0 spiro atoms. The average Bonchev–Trinajstić information content (AvgIpc) is 2.13. The van der Waals surface area contributed by atoms with Gasteiger partial charge in [-0.15, -0.1) is 0 Å². The zero-order chi connectivity index (χ0) is 12.8. The third kappa shape index (κ3) is 2.06. The number of pyridine rings is 1. The number of aromatic nitrogens is 1. The molecule has 1 aromatic carbocycles. The lowest BCUT2D eigenvalue weighted by molar-refractivity contribution is -0.140. The van der Waals surface area contributed by atoms with Crippen molar-refractivity contribution in [3.63, 3.8) is 0 Å². The van der Waals surface area contributed by atoms with Gasteiger partial charge in [0.2, 0.25) is 0 Å². The van der Waals surface area contributed by atoms with E-state index in [2.05, 4.69) is 15.9 Å². The summed E-state index contributed by atoms with van der Waals surface area (Å²) in [5.41, 5.74) is -3.28. The maximum Gasteiger partial charge on any atom is 0.424 e. The summed E-state index contributed by atoms with van der Waals surface area (Å²) in [7, 11) is 0. The monoisotopic (exact) mass is 309 g/mol. The molecular weight excluding hydrogens is 306 g/mol. The van der Waals surface area contributed by atoms with Crippen molar-refractivity contribution in [3.8, 4) is 0 Å². The number of nitrogens with one attached hydrogen (secondary N) is 1. The van der Waals surface area contributed by atoms with Crippen molar-refractivity contribution in [1.82, 2.24) is 4.98 Å². The maximum atomic E-state index is 13.6. The summed E-state index contributed by atoms with van der Waals surface area (Å²) in [6.07, 6.45) is -5.01. The van der Waals surface area contributed by atoms with Crippen LogP contribution in [0, 0.1) is 5.82 Å². The molecule has 0 aliphatic carbocycles. The summed E-state index contributed by atoms with van der Waals surface area (Å²) < 4.78 is 51.5. The number of H-pyrrole nitrogens is 1. The zero-order valence-electron chi connectivity index (χ0n) is 8.03. The van der Waals surface area contributed by atoms with E-state index >= 15 is 0 Å². The predicted octanol–water partition coefficient (Wildman–Crippen LogP) is 3.45. The van der Waals surface area contributed by atoms with E-state index in [0.717, 1.165) is 0 Å². The van der Waals surface area contributed by atoms with Crippen LogP contribution in [0.15, 0.2) is 27.5 Å². The van der Waals surface area contributed by atoms with Crippen molar-refractivity contribution in [1.29, 1.82) is 0 Å². The molecule has 17 heavy (non-hydrogen) atoms. The van der Waals surface area contributed by atoms with Crippen LogP contribution in [-0.2, 0) is 6.18 Å². The van der Waals surface area contributed by atoms with Gasteiger partial charge in [0, 0.05) is 9.86 Å². The Balaban J connectivity index is 2.91. The quantitative estimate of drug-likeness (QED) is 0.743. The minimum atomic E-state index is -5.01. The number of aromatic amines is 1. The van der Waals surface area contributed by atoms with Gasteiger partial charge in [-0.25, -0.2) is 4.39 Å². The fourth-order valence-corrected chi connectivity index (χ4v) is 1.84. The Morgan fingerprint density at radius 1 is 1.24 bits per heavy atom. The molecule has 0 unspecified atom stereocenters. The molecule has 0 fully saturated rings. The van der Waals surface area contributed by atoms with Gasteiger partial charge in [-0.05, 0) is 18.2 Å². The average molecular weight is 310 g/mol. The highest BCUT2D eigenvalue weighted by Crippen LogP contribution is 2.31. The number of halogens is 5. The molecule has 90 valence electrons. The first-order valence-corrected chi connectivity index (χ1v) is 5.18. The SMILES string of the molecule is O=c1[nH]c2cc(Br)ccc2c(F)c1C(F)(F)F. The first-order chi connectivity index (χ1) is 7.80. The second-order valence-electron chi connectivity index (χ2n) is 3.33. The highest BCUT2D eigenvalue weighted by atomic mass is 79.9. The third-order valence-corrected chi connectivity index (χ3v) is 2.69. The summed E-state index contributed by atoms with van der Waals surface area (Å²) in [6.45, 7) is 0. The molecular formula is C10H4BrF4NO. The van der Waals surface area contributed by atoms with Gasteiger partial charge in [0.05, 0.1) is 5.52 Å². The fourth-order valence-electron chi connectivity index (χ4n) is 1.48. The molecule has 2 aromatic rings. The van der Waals surface area contributed by atoms with Crippen molar-refractivity contribution in [3.05, 3.63) is 44.4 Å². The Morgan fingerprint density at radius 3 is 2.47 bits per heavy atom. The number of fused-ring (bicyclic) bond motifs is 1. The largest absolute Gasteiger partial charge is 0.424 e. The van der Waals surface area contributed by atoms with Crippen LogP contribution in [-0.4, -0.2) is 4.98 Å². The van der Waals surface area contributed by atoms with Crippen molar-refractivity contribution in [2.24, 2.45) is 0 Å². The summed E-state index contributed by atoms with van der Waals surface area (Å²) in [4.78, 5) is 13.2. The Labute approximate surface area is 100 Å². The molecule has 0 amide bonds. The highest BCUT2D eigenvalue weighted by Gasteiger charge is 2.38. The molecule has 0 saturated carbocycles. The van der Waals surface area contributed by atoms with Gasteiger partial charge in [-0.3, -0.25) is 4.79 Å². The molecule has 0 aliphatic rings. The van der Waals surface area contributed by atoms with Crippen LogP contribution in [0.1, 0.15) is 5.56 Å². The van der Waals surface area contributed by atoms with Crippen LogP contribution in [0.2, 0.25) is 0 Å². The topological polar surface area (TPSA) is 32.9 Å². The minimum Gasteiger partial charge on any atom is -0.321 e. The Kier molecular flexibility index (Phi) is 2.73. The van der Waals surface area contributed by atoms with Crippen molar-refractivity contribution < 1.29 is 17.6 Å². The van der Waals surface area contributed by atoms with Gasteiger partial charge in [-0.2, -0.15) is 13.2 Å². The summed E-state index contributed by atoms with van der Waals surface area (Å²) in [6, 6.07) is 3.89. The minimum absolute atomic E-state index is 0.00914. The van der Waals surface area contributed by atoms with Crippen LogP contribution in [0.4, 0.5) is 17.6 Å². The van der Waals surface area contributed by atoms with E-state index < -0.39 is 23.1 Å². The molecule has 2 rings (SSSR count). The zero-order valence-corrected chi connectivity index (χ0v) is 9.62. The lowest BCUT2D eigenvalue weighted by atomic mass is 10.1. The normalized spacial score (nSPS) is 12.1. The fraction of sp³-hybridized carbons (Fsp3) is 0.100. The highest BCUT2D eigenvalue weighted by molar-refractivity contribution is 9.10. The summed E-state index contributed by atoms with van der Waals surface area (Å²) in [5, 5.41) is -0.278. The van der Waals surface area contributed by atoms with Gasteiger partial charge in [0.1, 0.15) is 5.82 Å². The molecule has 0 aliphatic heterocycles. The van der Waals surface area contributed by atoms with Gasteiger partial charge < -0.3 is 4.98 Å². The smallest absolute Gasteiger partial charge is 0.321 e. The lowest BCUT2D eigenvalue weighted by Gasteiger charge is -2.09. The van der Waals surface area contributed by atoms with Gasteiger partial charge in [0.25, 0.3) is 5.56 Å². The van der Waals surface area contributed by atoms with Gasteiger partial charge in [0.15, 0.2) is 5.56 Å². The van der Waals surface area contributed by atoms with Gasteiger partial charge in [-0.1, -0.05) is 15.9 Å². The Bertz CT molecular complexity index is 647. The molecule has 1 N–H and O–H groups in total. The molecule has 0 bridgehead atoms. The molecule has 7 heteroatoms. The van der Waals surface area contributed by atoms with E-state index in [1.54, 1.807) is 0 Å². The first kappa shape index (κ1) is 12.1. The van der Waals surface area contributed by atoms with E-state index in [1.807, 2.05) is 4.98 Å². The lowest BCUT2D eigenvalue weighted by Crippen LogP contribution is -2.23. The van der Waals surface area contributed by atoms with E-state index in [-0.39, 0.29) is 10.9 Å². The predicted molar refractivity (Wildman–Crippen MR) is 57.2 cm³/mol. The molecule has 0 radical (unpaired) electrons. The van der Waals surface area contributed by atoms with Crippen LogP contribution >= 0.6 is 15.9 Å². The number of benzene rings is 1. The van der Waals surface area contributed by atoms with Crippen LogP contribution < -0.4 is 5.56 Å².